The first-order valence-corrected chi connectivity index (χ1v) is 3.65. The van der Waals surface area contributed by atoms with Gasteiger partial charge in [-0.25, -0.2) is 0 Å². The van der Waals surface area contributed by atoms with Crippen molar-refractivity contribution in [3.8, 4) is 0 Å². The molecule has 10 heavy (non-hydrogen) atoms. The fourth-order valence-electron chi connectivity index (χ4n) is 0.268. The number of carbonyl (C=O) groups is 2. The first kappa shape index (κ1) is 9.29. The molecule has 0 aliphatic heterocycles. The van der Waals surface area contributed by atoms with Crippen LogP contribution in [0.15, 0.2) is 0 Å². The minimum Gasteiger partial charge on any atom is -0.481 e. The summed E-state index contributed by atoms with van der Waals surface area (Å²) < 4.78 is 0. The molecule has 0 spiro atoms. The van der Waals surface area contributed by atoms with Crippen LogP contribution in [-0.4, -0.2) is 33.2 Å². The quantitative estimate of drug-likeness (QED) is 0.624. The van der Waals surface area contributed by atoms with Crippen molar-refractivity contribution < 1.29 is 19.8 Å². The number of thioether (sulfide) groups is 1. The number of carboxylic acids is 2. The van der Waals surface area contributed by atoms with Crippen molar-refractivity contribution in [3.63, 3.8) is 0 Å². The smallest absolute Gasteiger partial charge is 0.316 e. The van der Waals surface area contributed by atoms with E-state index in [9.17, 15) is 9.59 Å². The highest BCUT2D eigenvalue weighted by molar-refractivity contribution is 8.01. The molecule has 0 aromatic rings. The van der Waals surface area contributed by atoms with Crippen LogP contribution in [-0.2, 0) is 9.59 Å². The summed E-state index contributed by atoms with van der Waals surface area (Å²) in [6.45, 7) is 1.45. The van der Waals surface area contributed by atoms with E-state index in [-0.39, 0.29) is 5.75 Å². The summed E-state index contributed by atoms with van der Waals surface area (Å²) in [5.74, 6) is -2.13. The van der Waals surface area contributed by atoms with Crippen LogP contribution in [0.25, 0.3) is 0 Å². The topological polar surface area (TPSA) is 74.6 Å². The zero-order valence-corrected chi connectivity index (χ0v) is 6.22. The van der Waals surface area contributed by atoms with E-state index >= 15 is 0 Å². The number of rotatable bonds is 4. The molecule has 5 heteroatoms. The summed E-state index contributed by atoms with van der Waals surface area (Å²) in [6.07, 6.45) is 0. The summed E-state index contributed by atoms with van der Waals surface area (Å²) in [5, 5.41) is 15.8. The predicted molar refractivity (Wildman–Crippen MR) is 37.2 cm³/mol. The van der Waals surface area contributed by atoms with E-state index in [0.29, 0.717) is 0 Å². The molecular formula is C5H8O4S. The van der Waals surface area contributed by atoms with Crippen molar-refractivity contribution in [1.29, 1.82) is 0 Å². The van der Waals surface area contributed by atoms with Gasteiger partial charge in [-0.05, 0) is 6.92 Å². The van der Waals surface area contributed by atoms with Crippen LogP contribution in [0.4, 0.5) is 0 Å². The van der Waals surface area contributed by atoms with E-state index in [1.54, 1.807) is 0 Å². The Morgan fingerprint density at radius 1 is 1.50 bits per heavy atom. The van der Waals surface area contributed by atoms with Crippen molar-refractivity contribution in [2.75, 3.05) is 5.75 Å². The fraction of sp³-hybridized carbons (Fsp3) is 0.600. The minimum absolute atomic E-state index is 0.159. The Bertz CT molecular complexity index is 145. The largest absolute Gasteiger partial charge is 0.481 e. The standard InChI is InChI=1S/C5H8O4S/c1-3(5(8)9)10-2-4(6)7/h3H,2H2,1H3,(H,6,7)(H,8,9)/t3-/m0/s1. The average molecular weight is 164 g/mol. The molecule has 0 heterocycles. The van der Waals surface area contributed by atoms with E-state index in [2.05, 4.69) is 0 Å². The van der Waals surface area contributed by atoms with Crippen LogP contribution in [0.1, 0.15) is 6.92 Å². The lowest BCUT2D eigenvalue weighted by Crippen LogP contribution is -2.14. The number of aliphatic carboxylic acids is 2. The van der Waals surface area contributed by atoms with E-state index in [4.69, 9.17) is 10.2 Å². The van der Waals surface area contributed by atoms with Crippen LogP contribution in [0, 0.1) is 0 Å². The molecule has 0 saturated heterocycles. The Morgan fingerprint density at radius 2 is 2.00 bits per heavy atom. The van der Waals surface area contributed by atoms with Gasteiger partial charge in [0.25, 0.3) is 0 Å². The van der Waals surface area contributed by atoms with E-state index in [0.717, 1.165) is 11.8 Å². The highest BCUT2D eigenvalue weighted by atomic mass is 32.2. The van der Waals surface area contributed by atoms with Gasteiger partial charge < -0.3 is 10.2 Å². The zero-order valence-electron chi connectivity index (χ0n) is 5.40. The Morgan fingerprint density at radius 3 is 2.30 bits per heavy atom. The van der Waals surface area contributed by atoms with Gasteiger partial charge in [0.2, 0.25) is 0 Å². The lowest BCUT2D eigenvalue weighted by atomic mass is 10.5. The van der Waals surface area contributed by atoms with Crippen molar-refractivity contribution >= 4 is 23.7 Å². The molecule has 4 nitrogen and oxygen atoms in total. The second kappa shape index (κ2) is 4.16. The zero-order chi connectivity index (χ0) is 8.15. The Hall–Kier alpha value is -0.710. The number of hydrogen-bond donors (Lipinski definition) is 2. The molecule has 0 rings (SSSR count). The Balaban J connectivity index is 3.49. The average Bonchev–Trinajstić information content (AvgIpc) is 1.82. The van der Waals surface area contributed by atoms with Gasteiger partial charge in [-0.1, -0.05) is 0 Å². The van der Waals surface area contributed by atoms with Crippen LogP contribution in [0.2, 0.25) is 0 Å². The van der Waals surface area contributed by atoms with Gasteiger partial charge in [-0.15, -0.1) is 11.8 Å². The normalized spacial score (nSPS) is 12.5. The third-order valence-corrected chi connectivity index (χ3v) is 1.92. The molecule has 0 radical (unpaired) electrons. The molecule has 0 aromatic carbocycles. The van der Waals surface area contributed by atoms with Gasteiger partial charge in [-0.2, -0.15) is 0 Å². The summed E-state index contributed by atoms with van der Waals surface area (Å²) in [5.41, 5.74) is 0. The summed E-state index contributed by atoms with van der Waals surface area (Å²) in [7, 11) is 0. The van der Waals surface area contributed by atoms with Gasteiger partial charge in [0.1, 0.15) is 0 Å². The van der Waals surface area contributed by atoms with E-state index in [1.165, 1.54) is 6.92 Å². The first-order chi connectivity index (χ1) is 4.54. The molecule has 1 atom stereocenters. The summed E-state index contributed by atoms with van der Waals surface area (Å²) in [6, 6.07) is 0. The first-order valence-electron chi connectivity index (χ1n) is 2.60. The fourth-order valence-corrected chi connectivity index (χ4v) is 0.803. The minimum atomic E-state index is -0.988. The lowest BCUT2D eigenvalue weighted by Gasteiger charge is -2.01. The second-order valence-electron chi connectivity index (χ2n) is 1.69. The Kier molecular flexibility index (Phi) is 3.87. The van der Waals surface area contributed by atoms with Crippen molar-refractivity contribution in [1.82, 2.24) is 0 Å². The molecule has 0 aliphatic carbocycles. The summed E-state index contributed by atoms with van der Waals surface area (Å²) in [4.78, 5) is 20.0. The van der Waals surface area contributed by atoms with Gasteiger partial charge >= 0.3 is 11.9 Å². The van der Waals surface area contributed by atoms with E-state index in [1.807, 2.05) is 0 Å². The van der Waals surface area contributed by atoms with Gasteiger partial charge in [0.05, 0.1) is 11.0 Å². The van der Waals surface area contributed by atoms with Gasteiger partial charge in [-0.3, -0.25) is 9.59 Å². The second-order valence-corrected chi connectivity index (χ2v) is 3.01. The van der Waals surface area contributed by atoms with Crippen LogP contribution < -0.4 is 0 Å². The maximum atomic E-state index is 10.1. The molecule has 0 saturated carbocycles. The van der Waals surface area contributed by atoms with E-state index < -0.39 is 17.2 Å². The maximum Gasteiger partial charge on any atom is 0.316 e. The molecule has 0 fully saturated rings. The lowest BCUT2D eigenvalue weighted by molar-refractivity contribution is -0.136. The maximum absolute atomic E-state index is 10.1. The van der Waals surface area contributed by atoms with Crippen LogP contribution in [0.3, 0.4) is 0 Å². The molecule has 0 aromatic heterocycles. The van der Waals surface area contributed by atoms with Crippen molar-refractivity contribution in [3.05, 3.63) is 0 Å². The molecule has 0 amide bonds. The molecule has 0 unspecified atom stereocenters. The third-order valence-electron chi connectivity index (χ3n) is 0.805. The molecule has 0 aliphatic rings. The number of carboxylic acid groups (broad SMARTS) is 2. The highest BCUT2D eigenvalue weighted by Crippen LogP contribution is 2.08. The third kappa shape index (κ3) is 4.20. The molecular weight excluding hydrogens is 156 g/mol. The molecule has 58 valence electrons. The summed E-state index contributed by atoms with van der Waals surface area (Å²) >= 11 is 0.894. The SMILES string of the molecule is C[C@H](SCC(=O)O)C(=O)O. The van der Waals surface area contributed by atoms with Crippen LogP contribution in [0.5, 0.6) is 0 Å². The molecule has 0 bridgehead atoms. The van der Waals surface area contributed by atoms with Crippen molar-refractivity contribution in [2.24, 2.45) is 0 Å². The van der Waals surface area contributed by atoms with Crippen molar-refractivity contribution in [2.45, 2.75) is 12.2 Å². The van der Waals surface area contributed by atoms with Gasteiger partial charge in [0, 0.05) is 0 Å². The van der Waals surface area contributed by atoms with Gasteiger partial charge in [0.15, 0.2) is 0 Å². The van der Waals surface area contributed by atoms with Crippen LogP contribution >= 0.6 is 11.8 Å². The number of hydrogen-bond acceptors (Lipinski definition) is 3. The Labute approximate surface area is 62.2 Å². The highest BCUT2D eigenvalue weighted by Gasteiger charge is 2.12. The molecule has 2 N–H and O–H groups in total. The predicted octanol–water partition coefficient (Wildman–Crippen LogP) is 0.277. The monoisotopic (exact) mass is 164 g/mol.